The van der Waals surface area contributed by atoms with Crippen LogP contribution in [0.5, 0.6) is 0 Å². The number of hydrogen-bond donors (Lipinski definition) is 4. The molecule has 1 aromatic heterocycles. The SMILES string of the molecule is CCC[C@H]1CCN(C(=O)C(NC(=O)CNC(=O)c2cnccn2)C(C)(C)C)C1C(=O)N[C@@H](CCC)C(=O)C(=O)NC1CC1. The Morgan fingerprint density at radius 3 is 2.30 bits per heavy atom. The normalized spacial score (nSPS) is 19.6. The van der Waals surface area contributed by atoms with Crippen LogP contribution in [0.25, 0.3) is 0 Å². The van der Waals surface area contributed by atoms with Crippen molar-refractivity contribution < 1.29 is 28.8 Å². The highest BCUT2D eigenvalue weighted by molar-refractivity contribution is 6.38. The van der Waals surface area contributed by atoms with E-state index in [0.29, 0.717) is 32.2 Å². The van der Waals surface area contributed by atoms with Gasteiger partial charge in [-0.3, -0.25) is 33.8 Å². The van der Waals surface area contributed by atoms with Crippen molar-refractivity contribution in [3.63, 3.8) is 0 Å². The van der Waals surface area contributed by atoms with Crippen LogP contribution in [-0.2, 0) is 24.0 Å². The lowest BCUT2D eigenvalue weighted by Gasteiger charge is -2.36. The summed E-state index contributed by atoms with van der Waals surface area (Å²) in [4.78, 5) is 87.6. The number of rotatable bonds is 14. The second-order valence-corrected chi connectivity index (χ2v) is 12.4. The quantitative estimate of drug-likeness (QED) is 0.228. The predicted octanol–water partition coefficient (Wildman–Crippen LogP) is 0.887. The molecule has 0 aromatic carbocycles. The molecule has 1 aliphatic heterocycles. The van der Waals surface area contributed by atoms with E-state index in [2.05, 4.69) is 31.2 Å². The van der Waals surface area contributed by atoms with Gasteiger partial charge in [-0.05, 0) is 43.4 Å². The lowest BCUT2D eigenvalue weighted by Crippen LogP contribution is -2.60. The smallest absolute Gasteiger partial charge is 0.289 e. The number of likely N-dealkylation sites (tertiary alicyclic amines) is 1. The van der Waals surface area contributed by atoms with Gasteiger partial charge in [-0.1, -0.05) is 47.5 Å². The van der Waals surface area contributed by atoms with Gasteiger partial charge in [0.25, 0.3) is 11.8 Å². The Kier molecular flexibility index (Phi) is 11.7. The number of carbonyl (C=O) groups excluding carboxylic acids is 6. The van der Waals surface area contributed by atoms with E-state index >= 15 is 0 Å². The molecule has 1 aliphatic carbocycles. The fraction of sp³-hybridized carbons (Fsp3) is 0.667. The number of Topliss-reactive ketones (excluding diaryl/α,β-unsaturated/α-hetero) is 1. The summed E-state index contributed by atoms with van der Waals surface area (Å²) in [6, 6.07) is -2.84. The number of aromatic nitrogens is 2. The number of amides is 5. The maximum atomic E-state index is 14.0. The lowest BCUT2D eigenvalue weighted by molar-refractivity contribution is -0.145. The van der Waals surface area contributed by atoms with Gasteiger partial charge in [0.05, 0.1) is 18.8 Å². The molecule has 0 spiro atoms. The third-order valence-electron chi connectivity index (χ3n) is 7.70. The average Bonchev–Trinajstić information content (AvgIpc) is 3.69. The molecule has 236 valence electrons. The molecule has 13 nitrogen and oxygen atoms in total. The highest BCUT2D eigenvalue weighted by Gasteiger charge is 2.46. The molecule has 1 saturated heterocycles. The van der Waals surface area contributed by atoms with Gasteiger partial charge in [0.2, 0.25) is 23.5 Å². The van der Waals surface area contributed by atoms with Crippen molar-refractivity contribution in [1.82, 2.24) is 36.1 Å². The first-order valence-electron chi connectivity index (χ1n) is 15.2. The molecule has 0 radical (unpaired) electrons. The summed E-state index contributed by atoms with van der Waals surface area (Å²) in [5, 5.41) is 10.7. The maximum Gasteiger partial charge on any atom is 0.289 e. The predicted molar refractivity (Wildman–Crippen MR) is 157 cm³/mol. The molecule has 2 fully saturated rings. The summed E-state index contributed by atoms with van der Waals surface area (Å²) in [5.74, 6) is -3.60. The number of nitrogens with zero attached hydrogens (tertiary/aromatic N) is 3. The van der Waals surface area contributed by atoms with Gasteiger partial charge >= 0.3 is 0 Å². The van der Waals surface area contributed by atoms with Crippen molar-refractivity contribution in [3.8, 4) is 0 Å². The monoisotopic (exact) mass is 599 g/mol. The molecule has 2 aliphatic rings. The molecular weight excluding hydrogens is 554 g/mol. The van der Waals surface area contributed by atoms with E-state index in [4.69, 9.17) is 0 Å². The Hall–Kier alpha value is -3.90. The standard InChI is InChI=1S/C30H45N7O6/c1-6-8-18-12-15-37(23(18)27(41)35-20(9-7-2)24(39)28(42)34-19-10-11-19)29(43)25(30(3,4)5)36-22(38)17-33-26(40)21-16-31-13-14-32-21/h13-14,16,18-20,23,25H,6-12,15,17H2,1-5H3,(H,33,40)(H,34,42)(H,35,41)(H,36,38)/t18-,20-,23?,25?/m0/s1. The van der Waals surface area contributed by atoms with Crippen LogP contribution in [0, 0.1) is 11.3 Å². The maximum absolute atomic E-state index is 14.0. The molecule has 0 bridgehead atoms. The van der Waals surface area contributed by atoms with Gasteiger partial charge in [0, 0.05) is 25.0 Å². The molecule has 4 atom stereocenters. The van der Waals surface area contributed by atoms with Gasteiger partial charge in [-0.25, -0.2) is 4.98 Å². The van der Waals surface area contributed by atoms with Gasteiger partial charge in [-0.2, -0.15) is 0 Å². The zero-order valence-corrected chi connectivity index (χ0v) is 25.8. The van der Waals surface area contributed by atoms with Crippen LogP contribution in [0.1, 0.15) is 90.1 Å². The Morgan fingerprint density at radius 2 is 1.72 bits per heavy atom. The topological polar surface area (TPSA) is 180 Å². The molecule has 2 unspecified atom stereocenters. The summed E-state index contributed by atoms with van der Waals surface area (Å²) in [7, 11) is 0. The van der Waals surface area contributed by atoms with Crippen LogP contribution in [-0.4, -0.2) is 87.4 Å². The second-order valence-electron chi connectivity index (χ2n) is 12.4. The van der Waals surface area contributed by atoms with Crippen LogP contribution in [0.4, 0.5) is 0 Å². The van der Waals surface area contributed by atoms with Gasteiger partial charge < -0.3 is 26.2 Å². The van der Waals surface area contributed by atoms with Crippen LogP contribution < -0.4 is 21.3 Å². The highest BCUT2D eigenvalue weighted by atomic mass is 16.2. The molecule has 5 amide bonds. The van der Waals surface area contributed by atoms with E-state index in [-0.39, 0.29) is 24.2 Å². The molecule has 13 heteroatoms. The first kappa shape index (κ1) is 33.6. The summed E-state index contributed by atoms with van der Waals surface area (Å²) in [6.07, 6.45) is 8.67. The summed E-state index contributed by atoms with van der Waals surface area (Å²) >= 11 is 0. The minimum absolute atomic E-state index is 0.0104. The van der Waals surface area contributed by atoms with Gasteiger partial charge in [0.15, 0.2) is 0 Å². The Morgan fingerprint density at radius 1 is 1.00 bits per heavy atom. The molecule has 3 rings (SSSR count). The summed E-state index contributed by atoms with van der Waals surface area (Å²) in [5.41, 5.74) is -0.677. The van der Waals surface area contributed by atoms with E-state index in [1.807, 2.05) is 13.8 Å². The second kappa shape index (κ2) is 15.0. The number of carbonyl (C=O) groups is 6. The van der Waals surface area contributed by atoms with Crippen LogP contribution in [0.3, 0.4) is 0 Å². The summed E-state index contributed by atoms with van der Waals surface area (Å²) < 4.78 is 0. The largest absolute Gasteiger partial charge is 0.347 e. The highest BCUT2D eigenvalue weighted by Crippen LogP contribution is 2.32. The first-order valence-corrected chi connectivity index (χ1v) is 15.2. The number of hydrogen-bond acceptors (Lipinski definition) is 8. The van der Waals surface area contributed by atoms with Crippen LogP contribution >= 0.6 is 0 Å². The van der Waals surface area contributed by atoms with Crippen LogP contribution in [0.2, 0.25) is 0 Å². The lowest BCUT2D eigenvalue weighted by atomic mass is 9.85. The van der Waals surface area contributed by atoms with Crippen molar-refractivity contribution >= 4 is 35.3 Å². The van der Waals surface area contributed by atoms with Gasteiger partial charge in [-0.15, -0.1) is 0 Å². The minimum Gasteiger partial charge on any atom is -0.347 e. The third-order valence-corrected chi connectivity index (χ3v) is 7.70. The van der Waals surface area contributed by atoms with Crippen LogP contribution in [0.15, 0.2) is 18.6 Å². The fourth-order valence-corrected chi connectivity index (χ4v) is 5.28. The molecule has 1 aromatic rings. The molecule has 1 saturated carbocycles. The van der Waals surface area contributed by atoms with Crippen molar-refractivity contribution in [2.24, 2.45) is 11.3 Å². The Balaban J connectivity index is 1.74. The molecule has 2 heterocycles. The van der Waals surface area contributed by atoms with E-state index < -0.39 is 58.9 Å². The fourth-order valence-electron chi connectivity index (χ4n) is 5.28. The van der Waals surface area contributed by atoms with Crippen molar-refractivity contribution in [1.29, 1.82) is 0 Å². The molecule has 43 heavy (non-hydrogen) atoms. The Labute approximate surface area is 252 Å². The van der Waals surface area contributed by atoms with Crippen molar-refractivity contribution in [3.05, 3.63) is 24.3 Å². The third kappa shape index (κ3) is 9.29. The van der Waals surface area contributed by atoms with Crippen molar-refractivity contribution in [2.45, 2.75) is 104 Å². The summed E-state index contributed by atoms with van der Waals surface area (Å²) in [6.45, 7) is 9.19. The van der Waals surface area contributed by atoms with E-state index in [0.717, 1.165) is 19.3 Å². The zero-order chi connectivity index (χ0) is 31.7. The molecule has 4 N–H and O–H groups in total. The first-order chi connectivity index (χ1) is 20.4. The van der Waals surface area contributed by atoms with E-state index in [1.54, 1.807) is 20.8 Å². The van der Waals surface area contributed by atoms with Gasteiger partial charge in [0.1, 0.15) is 17.8 Å². The number of ketones is 1. The minimum atomic E-state index is -0.999. The number of nitrogens with one attached hydrogen (secondary N) is 4. The van der Waals surface area contributed by atoms with E-state index in [1.165, 1.54) is 23.5 Å². The van der Waals surface area contributed by atoms with E-state index in [9.17, 15) is 28.8 Å². The molecular formula is C30H45N7O6. The van der Waals surface area contributed by atoms with Crippen molar-refractivity contribution in [2.75, 3.05) is 13.1 Å². The zero-order valence-electron chi connectivity index (χ0n) is 25.8. The average molecular weight is 600 g/mol. The Bertz CT molecular complexity index is 1180.